The summed E-state index contributed by atoms with van der Waals surface area (Å²) >= 11 is 0. The Morgan fingerprint density at radius 2 is 2.00 bits per heavy atom. The summed E-state index contributed by atoms with van der Waals surface area (Å²) in [7, 11) is 0. The van der Waals surface area contributed by atoms with Gasteiger partial charge in [-0.25, -0.2) is 8.78 Å². The highest BCUT2D eigenvalue weighted by Gasteiger charge is 2.28. The molecule has 100 valence electrons. The van der Waals surface area contributed by atoms with E-state index in [4.69, 9.17) is 0 Å². The van der Waals surface area contributed by atoms with Crippen molar-refractivity contribution in [2.24, 2.45) is 0 Å². The van der Waals surface area contributed by atoms with Gasteiger partial charge in [0.25, 0.3) is 0 Å². The SMILES string of the molecule is CCCC1CN(c2c(F)cccc2F)C(C)CN1. The largest absolute Gasteiger partial charge is 0.361 e. The molecule has 1 heterocycles. The Balaban J connectivity index is 2.24. The van der Waals surface area contributed by atoms with Crippen LogP contribution in [0.4, 0.5) is 14.5 Å². The van der Waals surface area contributed by atoms with E-state index >= 15 is 0 Å². The van der Waals surface area contributed by atoms with Gasteiger partial charge in [-0.05, 0) is 25.5 Å². The maximum atomic E-state index is 13.8. The van der Waals surface area contributed by atoms with E-state index in [0.717, 1.165) is 19.4 Å². The van der Waals surface area contributed by atoms with Gasteiger partial charge in [-0.1, -0.05) is 19.4 Å². The summed E-state index contributed by atoms with van der Waals surface area (Å²) in [5, 5.41) is 3.42. The van der Waals surface area contributed by atoms with Crippen LogP contribution in [0.5, 0.6) is 0 Å². The van der Waals surface area contributed by atoms with E-state index in [0.29, 0.717) is 12.6 Å². The normalized spacial score (nSPS) is 24.3. The van der Waals surface area contributed by atoms with E-state index in [1.807, 2.05) is 11.8 Å². The van der Waals surface area contributed by atoms with Gasteiger partial charge in [0.05, 0.1) is 0 Å². The van der Waals surface area contributed by atoms with Gasteiger partial charge in [0.1, 0.15) is 17.3 Å². The van der Waals surface area contributed by atoms with Crippen LogP contribution in [0.25, 0.3) is 0 Å². The summed E-state index contributed by atoms with van der Waals surface area (Å²) in [6.45, 7) is 5.53. The Morgan fingerprint density at radius 3 is 2.61 bits per heavy atom. The lowest BCUT2D eigenvalue weighted by atomic mass is 10.0. The van der Waals surface area contributed by atoms with E-state index in [2.05, 4.69) is 12.2 Å². The predicted molar refractivity (Wildman–Crippen MR) is 69.9 cm³/mol. The predicted octanol–water partition coefficient (Wildman–Crippen LogP) is 2.93. The van der Waals surface area contributed by atoms with Crippen LogP contribution in [-0.2, 0) is 0 Å². The van der Waals surface area contributed by atoms with Gasteiger partial charge in [0.15, 0.2) is 0 Å². The summed E-state index contributed by atoms with van der Waals surface area (Å²) < 4.78 is 27.6. The molecule has 1 fully saturated rings. The number of nitrogens with one attached hydrogen (secondary N) is 1. The third-order valence-corrected chi connectivity index (χ3v) is 3.51. The maximum absolute atomic E-state index is 13.8. The third kappa shape index (κ3) is 2.64. The highest BCUT2D eigenvalue weighted by Crippen LogP contribution is 2.27. The first-order valence-electron chi connectivity index (χ1n) is 6.57. The summed E-state index contributed by atoms with van der Waals surface area (Å²) in [6.07, 6.45) is 2.10. The summed E-state index contributed by atoms with van der Waals surface area (Å²) in [4.78, 5) is 1.85. The zero-order valence-electron chi connectivity index (χ0n) is 10.9. The van der Waals surface area contributed by atoms with Crippen LogP contribution < -0.4 is 10.2 Å². The molecule has 2 unspecified atom stereocenters. The minimum atomic E-state index is -0.473. The molecule has 0 spiro atoms. The van der Waals surface area contributed by atoms with Crippen molar-refractivity contribution in [3.05, 3.63) is 29.8 Å². The first-order valence-corrected chi connectivity index (χ1v) is 6.57. The molecule has 1 aliphatic heterocycles. The minimum absolute atomic E-state index is 0.101. The highest BCUT2D eigenvalue weighted by molar-refractivity contribution is 5.50. The van der Waals surface area contributed by atoms with Crippen molar-refractivity contribution in [2.45, 2.75) is 38.8 Å². The first-order chi connectivity index (χ1) is 8.63. The zero-order valence-corrected chi connectivity index (χ0v) is 10.9. The fourth-order valence-corrected chi connectivity index (χ4v) is 2.55. The second-order valence-electron chi connectivity index (χ2n) is 4.97. The molecule has 1 aliphatic rings. The number of hydrogen-bond donors (Lipinski definition) is 1. The second kappa shape index (κ2) is 5.65. The number of rotatable bonds is 3. The standard InChI is InChI=1S/C14H20F2N2/c1-3-5-11-9-18(10(2)8-17-11)14-12(15)6-4-7-13(14)16/h4,6-7,10-11,17H,3,5,8-9H2,1-2H3. The van der Waals surface area contributed by atoms with Gasteiger partial charge in [-0.2, -0.15) is 0 Å². The van der Waals surface area contributed by atoms with Crippen molar-refractivity contribution in [3.63, 3.8) is 0 Å². The lowest BCUT2D eigenvalue weighted by Gasteiger charge is -2.40. The summed E-state index contributed by atoms with van der Waals surface area (Å²) in [6, 6.07) is 4.46. The van der Waals surface area contributed by atoms with Crippen LogP contribution >= 0.6 is 0 Å². The lowest BCUT2D eigenvalue weighted by molar-refractivity contribution is 0.379. The van der Waals surface area contributed by atoms with Crippen molar-refractivity contribution >= 4 is 5.69 Å². The monoisotopic (exact) mass is 254 g/mol. The van der Waals surface area contributed by atoms with Gasteiger partial charge >= 0.3 is 0 Å². The van der Waals surface area contributed by atoms with E-state index in [1.54, 1.807) is 0 Å². The maximum Gasteiger partial charge on any atom is 0.149 e. The van der Waals surface area contributed by atoms with Gasteiger partial charge in [0.2, 0.25) is 0 Å². The Morgan fingerprint density at radius 1 is 1.33 bits per heavy atom. The molecule has 0 radical (unpaired) electrons. The minimum Gasteiger partial charge on any atom is -0.361 e. The average molecular weight is 254 g/mol. The summed E-state index contributed by atoms with van der Waals surface area (Å²) in [5.41, 5.74) is 0.118. The van der Waals surface area contributed by atoms with E-state index < -0.39 is 11.6 Å². The Labute approximate surface area is 107 Å². The number of para-hydroxylation sites is 1. The number of benzene rings is 1. The number of halogens is 2. The molecule has 4 heteroatoms. The quantitative estimate of drug-likeness (QED) is 0.892. The topological polar surface area (TPSA) is 15.3 Å². The Kier molecular flexibility index (Phi) is 4.17. The van der Waals surface area contributed by atoms with Crippen molar-refractivity contribution in [1.82, 2.24) is 5.32 Å². The molecule has 0 aromatic heterocycles. The molecule has 0 saturated carbocycles. The molecular weight excluding hydrogens is 234 g/mol. The highest BCUT2D eigenvalue weighted by atomic mass is 19.1. The van der Waals surface area contributed by atoms with Crippen LogP contribution in [0.2, 0.25) is 0 Å². The molecule has 1 aromatic rings. The van der Waals surface area contributed by atoms with E-state index in [-0.39, 0.29) is 11.7 Å². The molecule has 2 atom stereocenters. The van der Waals surface area contributed by atoms with E-state index in [9.17, 15) is 8.78 Å². The van der Waals surface area contributed by atoms with Crippen LogP contribution in [0.1, 0.15) is 26.7 Å². The lowest BCUT2D eigenvalue weighted by Crippen LogP contribution is -2.56. The first kappa shape index (κ1) is 13.3. The second-order valence-corrected chi connectivity index (χ2v) is 4.97. The molecule has 1 aromatic carbocycles. The average Bonchev–Trinajstić information content (AvgIpc) is 2.33. The molecule has 18 heavy (non-hydrogen) atoms. The number of anilines is 1. The van der Waals surface area contributed by atoms with Gasteiger partial charge < -0.3 is 10.2 Å². The smallest absolute Gasteiger partial charge is 0.149 e. The third-order valence-electron chi connectivity index (χ3n) is 3.51. The van der Waals surface area contributed by atoms with Gasteiger partial charge in [-0.3, -0.25) is 0 Å². The number of nitrogens with zero attached hydrogens (tertiary/aromatic N) is 1. The molecule has 2 rings (SSSR count). The zero-order chi connectivity index (χ0) is 13.1. The summed E-state index contributed by atoms with van der Waals surface area (Å²) in [5.74, 6) is -0.946. The molecule has 0 aliphatic carbocycles. The van der Waals surface area contributed by atoms with Crippen LogP contribution in [0, 0.1) is 11.6 Å². The Bertz CT molecular complexity index is 389. The van der Waals surface area contributed by atoms with Gasteiger partial charge in [-0.15, -0.1) is 0 Å². The fourth-order valence-electron chi connectivity index (χ4n) is 2.55. The van der Waals surface area contributed by atoms with Crippen molar-refractivity contribution in [3.8, 4) is 0 Å². The van der Waals surface area contributed by atoms with Crippen LogP contribution in [-0.4, -0.2) is 25.2 Å². The van der Waals surface area contributed by atoms with E-state index in [1.165, 1.54) is 18.2 Å². The molecule has 0 bridgehead atoms. The van der Waals surface area contributed by atoms with Crippen LogP contribution in [0.3, 0.4) is 0 Å². The van der Waals surface area contributed by atoms with Crippen molar-refractivity contribution in [1.29, 1.82) is 0 Å². The van der Waals surface area contributed by atoms with Gasteiger partial charge in [0, 0.05) is 25.2 Å². The molecular formula is C14H20F2N2. The van der Waals surface area contributed by atoms with Crippen molar-refractivity contribution < 1.29 is 8.78 Å². The fraction of sp³-hybridized carbons (Fsp3) is 0.571. The Hall–Kier alpha value is -1.16. The molecule has 2 nitrogen and oxygen atoms in total. The number of hydrogen-bond acceptors (Lipinski definition) is 2. The number of piperazine rings is 1. The molecule has 1 saturated heterocycles. The molecule has 1 N–H and O–H groups in total. The molecule has 0 amide bonds. The van der Waals surface area contributed by atoms with Crippen molar-refractivity contribution in [2.75, 3.05) is 18.0 Å². The van der Waals surface area contributed by atoms with Crippen LogP contribution in [0.15, 0.2) is 18.2 Å².